The van der Waals surface area contributed by atoms with Crippen molar-refractivity contribution in [2.45, 2.75) is 58.7 Å². The summed E-state index contributed by atoms with van der Waals surface area (Å²) in [4.78, 5) is 11.8. The summed E-state index contributed by atoms with van der Waals surface area (Å²) in [6.07, 6.45) is 2.34. The van der Waals surface area contributed by atoms with Crippen LogP contribution in [0.3, 0.4) is 0 Å². The molecule has 0 spiro atoms. The third-order valence-corrected chi connectivity index (χ3v) is 4.09. The fraction of sp³-hybridized carbons (Fsp3) is 0.923. The second kappa shape index (κ2) is 4.36. The van der Waals surface area contributed by atoms with Crippen molar-refractivity contribution in [1.82, 2.24) is 10.6 Å². The predicted octanol–water partition coefficient (Wildman–Crippen LogP) is 1.53. The molecule has 1 amide bonds. The Balaban J connectivity index is 1.67. The van der Waals surface area contributed by atoms with Crippen LogP contribution in [0.1, 0.15) is 40.5 Å². The van der Waals surface area contributed by atoms with Crippen LogP contribution in [0.2, 0.25) is 0 Å². The molecule has 0 bridgehead atoms. The SMILES string of the molecule is CC(C)C1CC(NC(=O)C2NC2C(C)C)C1. The predicted molar refractivity (Wildman–Crippen MR) is 65.0 cm³/mol. The van der Waals surface area contributed by atoms with Crippen LogP contribution in [0.5, 0.6) is 0 Å². The van der Waals surface area contributed by atoms with Gasteiger partial charge in [-0.25, -0.2) is 0 Å². The minimum atomic E-state index is 0.0816. The second-order valence-corrected chi connectivity index (χ2v) is 6.10. The highest BCUT2D eigenvalue weighted by atomic mass is 16.2. The Kier molecular flexibility index (Phi) is 3.24. The van der Waals surface area contributed by atoms with Crippen molar-refractivity contribution < 1.29 is 4.79 Å². The Morgan fingerprint density at radius 1 is 1.19 bits per heavy atom. The summed E-state index contributed by atoms with van der Waals surface area (Å²) in [7, 11) is 0. The zero-order valence-corrected chi connectivity index (χ0v) is 10.8. The standard InChI is InChI=1S/C13H24N2O/c1-7(2)9-5-10(6-9)14-13(16)12-11(15-12)8(3)4/h7-12,15H,5-6H2,1-4H3,(H,14,16). The molecule has 3 nitrogen and oxygen atoms in total. The van der Waals surface area contributed by atoms with Crippen molar-refractivity contribution in [3.8, 4) is 0 Å². The highest BCUT2D eigenvalue weighted by Gasteiger charge is 2.45. The van der Waals surface area contributed by atoms with Gasteiger partial charge in [0.05, 0.1) is 0 Å². The van der Waals surface area contributed by atoms with Crippen molar-refractivity contribution in [2.24, 2.45) is 17.8 Å². The van der Waals surface area contributed by atoms with Crippen LogP contribution in [-0.4, -0.2) is 24.0 Å². The molecule has 16 heavy (non-hydrogen) atoms. The summed E-state index contributed by atoms with van der Waals surface area (Å²) in [5, 5.41) is 6.39. The van der Waals surface area contributed by atoms with Crippen LogP contribution in [-0.2, 0) is 4.79 Å². The van der Waals surface area contributed by atoms with Gasteiger partial charge in [-0.3, -0.25) is 10.1 Å². The number of rotatable bonds is 4. The Bertz CT molecular complexity index is 269. The molecule has 2 fully saturated rings. The van der Waals surface area contributed by atoms with Crippen molar-refractivity contribution in [2.75, 3.05) is 0 Å². The van der Waals surface area contributed by atoms with E-state index in [2.05, 4.69) is 38.3 Å². The monoisotopic (exact) mass is 224 g/mol. The zero-order valence-electron chi connectivity index (χ0n) is 10.8. The van der Waals surface area contributed by atoms with Gasteiger partial charge in [0.2, 0.25) is 5.91 Å². The molecule has 1 aliphatic carbocycles. The lowest BCUT2D eigenvalue weighted by molar-refractivity contribution is -0.122. The van der Waals surface area contributed by atoms with E-state index in [1.165, 1.54) is 12.8 Å². The van der Waals surface area contributed by atoms with Crippen LogP contribution in [0.25, 0.3) is 0 Å². The average Bonchev–Trinajstić information content (AvgIpc) is 2.88. The molecule has 2 aliphatic rings. The molecule has 3 heteroatoms. The number of nitrogens with one attached hydrogen (secondary N) is 2. The van der Waals surface area contributed by atoms with Gasteiger partial charge < -0.3 is 5.32 Å². The van der Waals surface area contributed by atoms with Crippen LogP contribution >= 0.6 is 0 Å². The van der Waals surface area contributed by atoms with Gasteiger partial charge in [-0.15, -0.1) is 0 Å². The van der Waals surface area contributed by atoms with Crippen LogP contribution < -0.4 is 10.6 Å². The van der Waals surface area contributed by atoms with Gasteiger partial charge in [0.1, 0.15) is 6.04 Å². The van der Waals surface area contributed by atoms with Gasteiger partial charge in [0.25, 0.3) is 0 Å². The first-order valence-electron chi connectivity index (χ1n) is 6.55. The number of amides is 1. The van der Waals surface area contributed by atoms with E-state index in [1.54, 1.807) is 0 Å². The fourth-order valence-corrected chi connectivity index (χ4v) is 2.58. The van der Waals surface area contributed by atoms with Gasteiger partial charge in [0.15, 0.2) is 0 Å². The molecule has 1 saturated carbocycles. The Morgan fingerprint density at radius 2 is 1.81 bits per heavy atom. The molecule has 1 saturated heterocycles. The second-order valence-electron chi connectivity index (χ2n) is 6.10. The molecule has 92 valence electrons. The van der Waals surface area contributed by atoms with E-state index >= 15 is 0 Å². The Labute approximate surface area is 98.4 Å². The molecule has 0 radical (unpaired) electrons. The molecule has 2 unspecified atom stereocenters. The summed E-state index contributed by atoms with van der Waals surface area (Å²) in [5.74, 6) is 2.35. The summed E-state index contributed by atoms with van der Waals surface area (Å²) in [6.45, 7) is 8.84. The summed E-state index contributed by atoms with van der Waals surface area (Å²) >= 11 is 0. The normalized spacial score (nSPS) is 37.4. The van der Waals surface area contributed by atoms with E-state index in [9.17, 15) is 4.79 Å². The molecule has 2 N–H and O–H groups in total. The Hall–Kier alpha value is -0.570. The number of carbonyl (C=O) groups excluding carboxylic acids is 1. The maximum absolute atomic E-state index is 11.8. The number of hydrogen-bond donors (Lipinski definition) is 2. The topological polar surface area (TPSA) is 51.0 Å². The van der Waals surface area contributed by atoms with Gasteiger partial charge >= 0.3 is 0 Å². The average molecular weight is 224 g/mol. The maximum atomic E-state index is 11.8. The zero-order chi connectivity index (χ0) is 11.9. The molecule has 2 rings (SSSR count). The number of hydrogen-bond acceptors (Lipinski definition) is 2. The van der Waals surface area contributed by atoms with E-state index in [0.29, 0.717) is 18.0 Å². The molecular weight excluding hydrogens is 200 g/mol. The van der Waals surface area contributed by atoms with Gasteiger partial charge in [-0.05, 0) is 30.6 Å². The lowest BCUT2D eigenvalue weighted by Crippen LogP contribution is -2.47. The molecule has 0 aromatic heterocycles. The van der Waals surface area contributed by atoms with E-state index in [4.69, 9.17) is 0 Å². The van der Waals surface area contributed by atoms with E-state index < -0.39 is 0 Å². The van der Waals surface area contributed by atoms with Gasteiger partial charge in [-0.1, -0.05) is 27.7 Å². The van der Waals surface area contributed by atoms with Gasteiger partial charge in [0, 0.05) is 12.1 Å². The third-order valence-electron chi connectivity index (χ3n) is 4.09. The molecule has 0 aromatic rings. The van der Waals surface area contributed by atoms with Crippen molar-refractivity contribution in [3.63, 3.8) is 0 Å². The lowest BCUT2D eigenvalue weighted by Gasteiger charge is -2.38. The molecule has 0 aromatic carbocycles. The highest BCUT2D eigenvalue weighted by Crippen LogP contribution is 2.34. The molecular formula is C13H24N2O. The fourth-order valence-electron chi connectivity index (χ4n) is 2.58. The van der Waals surface area contributed by atoms with Crippen molar-refractivity contribution in [3.05, 3.63) is 0 Å². The minimum absolute atomic E-state index is 0.0816. The van der Waals surface area contributed by atoms with Crippen LogP contribution in [0, 0.1) is 17.8 Å². The van der Waals surface area contributed by atoms with Crippen molar-refractivity contribution in [1.29, 1.82) is 0 Å². The van der Waals surface area contributed by atoms with Crippen molar-refractivity contribution >= 4 is 5.91 Å². The molecule has 2 atom stereocenters. The van der Waals surface area contributed by atoms with E-state index in [0.717, 1.165) is 11.8 Å². The largest absolute Gasteiger partial charge is 0.352 e. The first-order valence-corrected chi connectivity index (χ1v) is 6.55. The quantitative estimate of drug-likeness (QED) is 0.712. The lowest BCUT2D eigenvalue weighted by atomic mass is 9.73. The van der Waals surface area contributed by atoms with Gasteiger partial charge in [-0.2, -0.15) is 0 Å². The summed E-state index contributed by atoms with van der Waals surface area (Å²) in [5.41, 5.74) is 0. The third kappa shape index (κ3) is 2.40. The summed E-state index contributed by atoms with van der Waals surface area (Å²) < 4.78 is 0. The first-order chi connectivity index (χ1) is 7.49. The highest BCUT2D eigenvalue weighted by molar-refractivity contribution is 5.86. The minimum Gasteiger partial charge on any atom is -0.352 e. The van der Waals surface area contributed by atoms with Crippen LogP contribution in [0.4, 0.5) is 0 Å². The van der Waals surface area contributed by atoms with E-state index in [1.807, 2.05) is 0 Å². The molecule has 1 aliphatic heterocycles. The number of carbonyl (C=O) groups is 1. The Morgan fingerprint density at radius 3 is 2.25 bits per heavy atom. The smallest absolute Gasteiger partial charge is 0.238 e. The maximum Gasteiger partial charge on any atom is 0.238 e. The molecule has 1 heterocycles. The first kappa shape index (κ1) is 11.9. The van der Waals surface area contributed by atoms with Crippen LogP contribution in [0.15, 0.2) is 0 Å². The van der Waals surface area contributed by atoms with E-state index in [-0.39, 0.29) is 11.9 Å². The summed E-state index contributed by atoms with van der Waals surface area (Å²) in [6, 6.07) is 0.925.